The second kappa shape index (κ2) is 23.1. The number of carbonyl (C=O) groups excluding carboxylic acids is 3. The molecule has 1 saturated carbocycles. The van der Waals surface area contributed by atoms with Gasteiger partial charge in [-0.15, -0.1) is 11.3 Å². The summed E-state index contributed by atoms with van der Waals surface area (Å²) >= 11 is 7.42. The zero-order valence-electron chi connectivity index (χ0n) is 35.8. The highest BCUT2D eigenvalue weighted by molar-refractivity contribution is 7.18. The van der Waals surface area contributed by atoms with Crippen molar-refractivity contribution in [3.8, 4) is 11.5 Å². The van der Waals surface area contributed by atoms with Gasteiger partial charge in [0.2, 0.25) is 5.91 Å². The van der Waals surface area contributed by atoms with Crippen molar-refractivity contribution in [1.82, 2.24) is 20.0 Å². The van der Waals surface area contributed by atoms with Gasteiger partial charge in [0.25, 0.3) is 11.8 Å². The van der Waals surface area contributed by atoms with E-state index in [-0.39, 0.29) is 41.7 Å². The van der Waals surface area contributed by atoms with Crippen LogP contribution in [-0.4, -0.2) is 139 Å². The van der Waals surface area contributed by atoms with Crippen LogP contribution in [0.2, 0.25) is 4.34 Å². The number of phenols is 1. The van der Waals surface area contributed by atoms with Gasteiger partial charge in [-0.1, -0.05) is 61.2 Å². The van der Waals surface area contributed by atoms with Crippen LogP contribution >= 0.6 is 22.9 Å². The number of aromatic hydroxyl groups is 1. The average Bonchev–Trinajstić information content (AvgIpc) is 3.72. The molecule has 4 heterocycles. The Kier molecular flexibility index (Phi) is 17.7. The fraction of sp³-hybridized carbons (Fsp3) is 0.556. The predicted octanol–water partition coefficient (Wildman–Crippen LogP) is 6.52. The Bertz CT molecular complexity index is 2060. The molecule has 2 saturated heterocycles. The molecule has 64 heavy (non-hydrogen) atoms. The third-order valence-corrected chi connectivity index (χ3v) is 13.2. The molecule has 1 spiro atoms. The van der Waals surface area contributed by atoms with Gasteiger partial charge in [0.1, 0.15) is 11.4 Å². The summed E-state index contributed by atoms with van der Waals surface area (Å²) in [6, 6.07) is 16.0. The van der Waals surface area contributed by atoms with Crippen molar-refractivity contribution in [3.05, 3.63) is 74.4 Å². The fourth-order valence-corrected chi connectivity index (χ4v) is 9.63. The Balaban J connectivity index is 0.000000898. The van der Waals surface area contributed by atoms with Crippen molar-refractivity contribution < 1.29 is 56.8 Å². The number of halogens is 4. The van der Waals surface area contributed by atoms with Crippen LogP contribution in [0.25, 0.3) is 0 Å². The number of hydrogen-bond acceptors (Lipinski definition) is 11. The Morgan fingerprint density at radius 2 is 1.75 bits per heavy atom. The predicted molar refractivity (Wildman–Crippen MR) is 235 cm³/mol. The van der Waals surface area contributed by atoms with Crippen molar-refractivity contribution in [2.75, 3.05) is 77.6 Å². The van der Waals surface area contributed by atoms with E-state index in [4.69, 9.17) is 35.7 Å². The number of nitrogens with one attached hydrogen (secondary N) is 2. The summed E-state index contributed by atoms with van der Waals surface area (Å²) in [6.07, 6.45) is 4.15. The van der Waals surface area contributed by atoms with Crippen molar-refractivity contribution in [3.63, 3.8) is 0 Å². The monoisotopic (exact) mass is 935 g/mol. The van der Waals surface area contributed by atoms with Crippen molar-refractivity contribution >= 4 is 52.3 Å². The van der Waals surface area contributed by atoms with E-state index in [2.05, 4.69) is 44.7 Å². The number of likely N-dealkylation sites (tertiary alicyclic amines) is 1. The van der Waals surface area contributed by atoms with Gasteiger partial charge in [-0.3, -0.25) is 19.3 Å². The van der Waals surface area contributed by atoms with Crippen molar-refractivity contribution in [1.29, 1.82) is 0 Å². The zero-order valence-corrected chi connectivity index (χ0v) is 37.3. The molecular weight excluding hydrogens is 879 g/mol. The number of thiophene rings is 1. The highest BCUT2D eigenvalue weighted by atomic mass is 35.5. The smallest absolute Gasteiger partial charge is 0.490 e. The van der Waals surface area contributed by atoms with Crippen LogP contribution in [0.3, 0.4) is 0 Å². The summed E-state index contributed by atoms with van der Waals surface area (Å²) < 4.78 is 50.3. The molecule has 350 valence electrons. The number of amides is 3. The number of ether oxygens (including phenoxy) is 3. The van der Waals surface area contributed by atoms with Gasteiger partial charge in [0, 0.05) is 45.3 Å². The van der Waals surface area contributed by atoms with Crippen molar-refractivity contribution in [2.24, 2.45) is 0 Å². The van der Waals surface area contributed by atoms with E-state index in [1.807, 2.05) is 17.0 Å². The van der Waals surface area contributed by atoms with E-state index in [0.717, 1.165) is 70.1 Å². The highest BCUT2D eigenvalue weighted by Crippen LogP contribution is 2.39. The summed E-state index contributed by atoms with van der Waals surface area (Å²) in [6.45, 7) is 7.39. The summed E-state index contributed by atoms with van der Waals surface area (Å²) in [7, 11) is 0. The summed E-state index contributed by atoms with van der Waals surface area (Å²) in [4.78, 5) is 54.4. The Hall–Kier alpha value is -4.46. The lowest BCUT2D eigenvalue weighted by Crippen LogP contribution is -2.57. The third kappa shape index (κ3) is 14.0. The minimum absolute atomic E-state index is 0.00533. The van der Waals surface area contributed by atoms with Crippen LogP contribution in [0.5, 0.6) is 11.5 Å². The van der Waals surface area contributed by atoms with Gasteiger partial charge in [-0.25, -0.2) is 4.79 Å². The molecule has 19 heteroatoms. The lowest BCUT2D eigenvalue weighted by molar-refractivity contribution is -0.192. The maximum Gasteiger partial charge on any atom is 0.490 e. The molecule has 2 aromatic carbocycles. The molecule has 7 rings (SSSR count). The molecule has 3 fully saturated rings. The lowest BCUT2D eigenvalue weighted by Gasteiger charge is -2.47. The number of anilines is 1. The number of nitrogens with zero attached hydrogens (tertiary/aromatic N) is 3. The molecule has 1 aliphatic carbocycles. The topological polar surface area (TPSA) is 170 Å². The fourth-order valence-electron chi connectivity index (χ4n) is 8.62. The van der Waals surface area contributed by atoms with E-state index >= 15 is 0 Å². The molecule has 14 nitrogen and oxygen atoms in total. The molecule has 1 aromatic heterocycles. The van der Waals surface area contributed by atoms with Crippen LogP contribution in [0.1, 0.15) is 77.7 Å². The molecule has 0 radical (unpaired) electrons. The SMILES string of the molecule is O=C(O)C(F)(F)F.O=C1COc2c(CCNCCN(C(=O)CCOCCc3cccc(CN4CCC5(CC4)CN(C(=O)c4ccc(Cl)s4)CCO5)c3)C3CCCCC3)ccc(O)c2N1. The van der Waals surface area contributed by atoms with Crippen molar-refractivity contribution in [2.45, 2.75) is 88.6 Å². The molecule has 0 atom stereocenters. The molecule has 0 bridgehead atoms. The lowest BCUT2D eigenvalue weighted by atomic mass is 9.89. The number of benzene rings is 2. The standard InChI is InChI=1S/C43H56ClN5O7S.C2HF3O2/c44-37-12-11-36(57-37)42(53)48-23-26-56-43(30-48)16-20-47(21-17-43)28-32-6-4-5-31(27-32)14-24-54-25-15-39(52)49(34-7-2-1-3-8-34)22-19-45-18-13-33-9-10-35(50)40-41(33)55-29-38(51)46-40;3-2(4,5)1(6)7/h4-6,9-12,27,34,45,50H,1-3,7-8,13-26,28-30H2,(H,46,51);(H,6,7). The molecular formula is C45H57ClF3N5O9S. The van der Waals surface area contributed by atoms with Gasteiger partial charge >= 0.3 is 12.1 Å². The minimum Gasteiger partial charge on any atom is -0.506 e. The van der Waals surface area contributed by atoms with Gasteiger partial charge in [0.05, 0.1) is 47.6 Å². The van der Waals surface area contributed by atoms with Gasteiger partial charge in [-0.05, 0) is 80.0 Å². The van der Waals surface area contributed by atoms with Crippen LogP contribution in [0.15, 0.2) is 48.5 Å². The average molecular weight is 936 g/mol. The van der Waals surface area contributed by atoms with E-state index in [1.165, 1.54) is 28.9 Å². The van der Waals surface area contributed by atoms with E-state index in [1.54, 1.807) is 12.1 Å². The number of alkyl halides is 3. The molecule has 3 aromatic rings. The van der Waals surface area contributed by atoms with Crippen LogP contribution in [-0.2, 0) is 43.2 Å². The van der Waals surface area contributed by atoms with Gasteiger partial charge in [0.15, 0.2) is 12.4 Å². The maximum atomic E-state index is 13.5. The van der Waals surface area contributed by atoms with E-state index < -0.39 is 12.1 Å². The molecule has 4 N–H and O–H groups in total. The van der Waals surface area contributed by atoms with Gasteiger partial charge in [-0.2, -0.15) is 13.2 Å². The number of carboxylic acid groups (broad SMARTS) is 1. The van der Waals surface area contributed by atoms with E-state index in [9.17, 15) is 32.7 Å². The minimum atomic E-state index is -5.08. The number of carbonyl (C=O) groups is 4. The number of hydrogen-bond donors (Lipinski definition) is 4. The second-order valence-electron chi connectivity index (χ2n) is 16.5. The Morgan fingerprint density at radius 1 is 1.00 bits per heavy atom. The van der Waals surface area contributed by atoms with Crippen LogP contribution < -0.4 is 15.4 Å². The Labute approximate surface area is 380 Å². The Morgan fingerprint density at radius 3 is 2.47 bits per heavy atom. The first-order valence-electron chi connectivity index (χ1n) is 21.8. The molecule has 4 aliphatic rings. The number of aliphatic carboxylic acids is 1. The first-order valence-corrected chi connectivity index (χ1v) is 23.0. The maximum absolute atomic E-state index is 13.5. The van der Waals surface area contributed by atoms with Gasteiger partial charge < -0.3 is 44.9 Å². The largest absolute Gasteiger partial charge is 0.506 e. The first kappa shape index (κ1) is 49.0. The molecule has 3 amide bonds. The number of phenolic OH excluding ortho intramolecular Hbond substituents is 1. The zero-order chi connectivity index (χ0) is 45.7. The summed E-state index contributed by atoms with van der Waals surface area (Å²) in [5.41, 5.74) is 3.46. The summed E-state index contributed by atoms with van der Waals surface area (Å²) in [5.74, 6) is -2.33. The highest BCUT2D eigenvalue weighted by Gasteiger charge is 2.41. The molecule has 3 aliphatic heterocycles. The number of fused-ring (bicyclic) bond motifs is 1. The third-order valence-electron chi connectivity index (χ3n) is 12.0. The van der Waals surface area contributed by atoms with E-state index in [0.29, 0.717) is 86.0 Å². The number of rotatable bonds is 16. The quantitative estimate of drug-likeness (QED) is 0.0912. The number of piperidine rings is 1. The second-order valence-corrected chi connectivity index (χ2v) is 18.3. The van der Waals surface area contributed by atoms with Crippen LogP contribution in [0, 0.1) is 0 Å². The summed E-state index contributed by atoms with van der Waals surface area (Å²) in [5, 5.41) is 23.5. The first-order chi connectivity index (χ1) is 30.7. The molecule has 0 unspecified atom stereocenters. The number of carboxylic acids is 1. The van der Waals surface area contributed by atoms with Crippen LogP contribution in [0.4, 0.5) is 18.9 Å². The number of morpholine rings is 1. The normalized spacial score (nSPS) is 17.8.